The Morgan fingerprint density at radius 2 is 2.16 bits per heavy atom. The number of hydrogen-bond acceptors (Lipinski definition) is 5. The van der Waals surface area contributed by atoms with Crippen molar-refractivity contribution in [2.24, 2.45) is 0 Å². The summed E-state index contributed by atoms with van der Waals surface area (Å²) in [7, 11) is 0. The maximum absolute atomic E-state index is 11.7. The predicted molar refractivity (Wildman–Crippen MR) is 76.6 cm³/mol. The summed E-state index contributed by atoms with van der Waals surface area (Å²) in [5.41, 5.74) is 6.67. The minimum Gasteiger partial charge on any atom is -0.305 e. The summed E-state index contributed by atoms with van der Waals surface area (Å²) in [4.78, 5) is 15.7. The van der Waals surface area contributed by atoms with Crippen molar-refractivity contribution in [2.45, 2.75) is 13.8 Å². The fourth-order valence-electron chi connectivity index (χ4n) is 1.35. The van der Waals surface area contributed by atoms with Crippen molar-refractivity contribution in [3.05, 3.63) is 34.6 Å². The molecule has 0 spiro atoms. The summed E-state index contributed by atoms with van der Waals surface area (Å²) in [5.74, 6) is 0.649. The third-order valence-corrected chi connectivity index (χ3v) is 3.23. The first-order valence-corrected chi connectivity index (χ1v) is 6.59. The second-order valence-electron chi connectivity index (χ2n) is 3.83. The number of carbonyl (C=O) groups excluding carboxylic acids is 1. The molecular formula is C11H12ClN5OS. The van der Waals surface area contributed by atoms with E-state index in [1.807, 2.05) is 13.0 Å². The number of amides is 2. The molecule has 0 saturated heterocycles. The molecule has 0 aliphatic heterocycles. The highest BCUT2D eigenvalue weighted by Crippen LogP contribution is 2.22. The van der Waals surface area contributed by atoms with E-state index in [-0.39, 0.29) is 0 Å². The fourth-order valence-corrected chi connectivity index (χ4v) is 2.04. The van der Waals surface area contributed by atoms with Gasteiger partial charge in [-0.25, -0.2) is 15.2 Å². The molecule has 0 aliphatic carbocycles. The standard InChI is InChI=1S/C11H12ClN5OS/c1-6-3-4-8(12)9(5-6)14-10(18)15-16-11-13-7(2)17-19-11/h3-5H,1-2H3,(H,13,16,17)(H2,14,15,18). The van der Waals surface area contributed by atoms with Gasteiger partial charge in [0.2, 0.25) is 5.13 Å². The van der Waals surface area contributed by atoms with Crippen LogP contribution in [0.4, 0.5) is 15.6 Å². The third kappa shape index (κ3) is 3.80. The van der Waals surface area contributed by atoms with Gasteiger partial charge in [0.05, 0.1) is 10.7 Å². The third-order valence-electron chi connectivity index (χ3n) is 2.18. The van der Waals surface area contributed by atoms with Crippen LogP contribution in [-0.2, 0) is 0 Å². The molecule has 0 unspecified atom stereocenters. The van der Waals surface area contributed by atoms with Crippen LogP contribution in [0.25, 0.3) is 0 Å². The first kappa shape index (κ1) is 13.6. The summed E-state index contributed by atoms with van der Waals surface area (Å²) in [6.45, 7) is 3.69. The van der Waals surface area contributed by atoms with Gasteiger partial charge in [-0.3, -0.25) is 5.43 Å². The minimum absolute atomic E-state index is 0.430. The van der Waals surface area contributed by atoms with E-state index < -0.39 is 6.03 Å². The first-order chi connectivity index (χ1) is 9.04. The molecule has 6 nitrogen and oxygen atoms in total. The van der Waals surface area contributed by atoms with Gasteiger partial charge in [0, 0.05) is 11.5 Å². The monoisotopic (exact) mass is 297 g/mol. The number of aryl methyl sites for hydroxylation is 2. The van der Waals surface area contributed by atoms with E-state index in [4.69, 9.17) is 11.6 Å². The van der Waals surface area contributed by atoms with Crippen LogP contribution in [0.1, 0.15) is 11.4 Å². The molecule has 0 aliphatic rings. The number of nitrogens with zero attached hydrogens (tertiary/aromatic N) is 2. The van der Waals surface area contributed by atoms with Crippen molar-refractivity contribution in [1.82, 2.24) is 14.8 Å². The van der Waals surface area contributed by atoms with Gasteiger partial charge in [-0.05, 0) is 31.5 Å². The number of urea groups is 1. The zero-order chi connectivity index (χ0) is 13.8. The van der Waals surface area contributed by atoms with Crippen LogP contribution >= 0.6 is 23.1 Å². The number of hydrogen-bond donors (Lipinski definition) is 3. The molecule has 0 radical (unpaired) electrons. The normalized spacial score (nSPS) is 10.1. The van der Waals surface area contributed by atoms with Crippen molar-refractivity contribution in [3.63, 3.8) is 0 Å². The van der Waals surface area contributed by atoms with E-state index in [1.54, 1.807) is 19.1 Å². The Morgan fingerprint density at radius 1 is 1.37 bits per heavy atom. The number of anilines is 2. The largest absolute Gasteiger partial charge is 0.337 e. The van der Waals surface area contributed by atoms with Crippen molar-refractivity contribution in [2.75, 3.05) is 10.7 Å². The average Bonchev–Trinajstić information content (AvgIpc) is 2.77. The Hall–Kier alpha value is -1.86. The molecule has 100 valence electrons. The molecule has 1 heterocycles. The second kappa shape index (κ2) is 5.85. The smallest absolute Gasteiger partial charge is 0.305 e. The van der Waals surface area contributed by atoms with Gasteiger partial charge in [0.25, 0.3) is 0 Å². The van der Waals surface area contributed by atoms with Crippen molar-refractivity contribution in [3.8, 4) is 0 Å². The van der Waals surface area contributed by atoms with E-state index in [9.17, 15) is 4.79 Å². The van der Waals surface area contributed by atoms with Gasteiger partial charge in [-0.2, -0.15) is 4.37 Å². The molecule has 1 aromatic carbocycles. The SMILES string of the molecule is Cc1ccc(Cl)c(NC(=O)NNc2nc(C)ns2)c1. The number of halogens is 1. The van der Waals surface area contributed by atoms with Crippen molar-refractivity contribution in [1.29, 1.82) is 0 Å². The van der Waals surface area contributed by atoms with Crippen LogP contribution in [0.15, 0.2) is 18.2 Å². The van der Waals surface area contributed by atoms with Crippen LogP contribution < -0.4 is 16.2 Å². The highest BCUT2D eigenvalue weighted by atomic mass is 35.5. The minimum atomic E-state index is -0.430. The van der Waals surface area contributed by atoms with Gasteiger partial charge in [-0.1, -0.05) is 17.7 Å². The molecule has 2 aromatic rings. The number of rotatable bonds is 3. The highest BCUT2D eigenvalue weighted by Gasteiger charge is 2.06. The van der Waals surface area contributed by atoms with Crippen molar-refractivity contribution >= 4 is 40.0 Å². The molecule has 3 N–H and O–H groups in total. The van der Waals surface area contributed by atoms with Crippen LogP contribution in [0.2, 0.25) is 5.02 Å². The van der Waals surface area contributed by atoms with E-state index in [0.717, 1.165) is 17.1 Å². The summed E-state index contributed by atoms with van der Waals surface area (Å²) in [5, 5.41) is 3.64. The number of nitrogens with one attached hydrogen (secondary N) is 3. The summed E-state index contributed by atoms with van der Waals surface area (Å²) < 4.78 is 3.98. The summed E-state index contributed by atoms with van der Waals surface area (Å²) in [6, 6.07) is 4.96. The molecule has 19 heavy (non-hydrogen) atoms. The van der Waals surface area contributed by atoms with E-state index in [1.165, 1.54) is 0 Å². The highest BCUT2D eigenvalue weighted by molar-refractivity contribution is 7.09. The zero-order valence-electron chi connectivity index (χ0n) is 10.3. The Morgan fingerprint density at radius 3 is 2.84 bits per heavy atom. The van der Waals surface area contributed by atoms with Crippen LogP contribution in [-0.4, -0.2) is 15.4 Å². The van der Waals surface area contributed by atoms with Gasteiger partial charge in [0.1, 0.15) is 5.82 Å². The molecule has 0 fully saturated rings. The van der Waals surface area contributed by atoms with Gasteiger partial charge in [-0.15, -0.1) is 0 Å². The van der Waals surface area contributed by atoms with Gasteiger partial charge < -0.3 is 5.32 Å². The van der Waals surface area contributed by atoms with Crippen molar-refractivity contribution < 1.29 is 4.79 Å². The molecular weight excluding hydrogens is 286 g/mol. The zero-order valence-corrected chi connectivity index (χ0v) is 11.9. The number of aromatic nitrogens is 2. The molecule has 2 rings (SSSR count). The van der Waals surface area contributed by atoms with Gasteiger partial charge >= 0.3 is 6.03 Å². The predicted octanol–water partition coefficient (Wildman–Crippen LogP) is 2.96. The lowest BCUT2D eigenvalue weighted by atomic mass is 10.2. The lowest BCUT2D eigenvalue weighted by molar-refractivity contribution is 0.254. The summed E-state index contributed by atoms with van der Waals surface area (Å²) in [6.07, 6.45) is 0. The molecule has 1 aromatic heterocycles. The molecule has 0 atom stereocenters. The molecule has 2 amide bonds. The number of hydrazine groups is 1. The van der Waals surface area contributed by atoms with Crippen LogP contribution in [0.3, 0.4) is 0 Å². The number of benzene rings is 1. The Balaban J connectivity index is 1.92. The Bertz CT molecular complexity index is 601. The number of carbonyl (C=O) groups is 1. The maximum Gasteiger partial charge on any atom is 0.337 e. The Kier molecular flexibility index (Phi) is 4.18. The quantitative estimate of drug-likeness (QED) is 0.761. The van der Waals surface area contributed by atoms with Gasteiger partial charge in [0.15, 0.2) is 0 Å². The molecule has 0 bridgehead atoms. The first-order valence-electron chi connectivity index (χ1n) is 5.44. The Labute approximate surface area is 119 Å². The van der Waals surface area contributed by atoms with Crippen LogP contribution in [0, 0.1) is 13.8 Å². The fraction of sp³-hybridized carbons (Fsp3) is 0.182. The summed E-state index contributed by atoms with van der Waals surface area (Å²) >= 11 is 7.14. The molecule has 8 heteroatoms. The average molecular weight is 298 g/mol. The lowest BCUT2D eigenvalue weighted by Crippen LogP contribution is -2.33. The second-order valence-corrected chi connectivity index (χ2v) is 4.99. The topological polar surface area (TPSA) is 78.9 Å². The molecule has 0 saturated carbocycles. The van der Waals surface area contributed by atoms with E-state index in [0.29, 0.717) is 21.7 Å². The van der Waals surface area contributed by atoms with Crippen LogP contribution in [0.5, 0.6) is 0 Å². The maximum atomic E-state index is 11.7. The lowest BCUT2D eigenvalue weighted by Gasteiger charge is -2.09. The van der Waals surface area contributed by atoms with E-state index in [2.05, 4.69) is 25.5 Å². The van der Waals surface area contributed by atoms with E-state index >= 15 is 0 Å².